The van der Waals surface area contributed by atoms with E-state index in [2.05, 4.69) is 15.7 Å². The SMILES string of the molecule is Cc1nn(C)cc1NC(=O)C[C@H]1CC[C@@H]2[C@@H](COc3ccc(NC(=O)C4CCOCC4)cc3C(=O)N2C)O1. The average Bonchev–Trinajstić information content (AvgIpc) is 3.22. The van der Waals surface area contributed by atoms with Crippen molar-refractivity contribution in [1.82, 2.24) is 14.7 Å². The molecule has 0 aliphatic carbocycles. The standard InChI is InChI=1S/C27H35N5O6/c1-16-21(14-31(2)30-16)29-25(33)13-19-5-6-22-24(38-19)15-37-23-7-4-18(12-20(23)27(35)32(22)3)28-26(34)17-8-10-36-11-9-17/h4,7,12,14,17,19,22,24H,5-6,8-11,13,15H2,1-3H3,(H,28,34)(H,29,33)/t19-,22-,24-/m1/s1. The summed E-state index contributed by atoms with van der Waals surface area (Å²) in [7, 11) is 3.58. The summed E-state index contributed by atoms with van der Waals surface area (Å²) in [6.45, 7) is 3.26. The number of anilines is 2. The fraction of sp³-hybridized carbons (Fsp3) is 0.556. The van der Waals surface area contributed by atoms with Gasteiger partial charge in [0.25, 0.3) is 5.91 Å². The predicted molar refractivity (Wildman–Crippen MR) is 139 cm³/mol. The molecule has 3 aliphatic heterocycles. The molecule has 4 heterocycles. The van der Waals surface area contributed by atoms with Gasteiger partial charge in [-0.25, -0.2) is 0 Å². The van der Waals surface area contributed by atoms with Crippen LogP contribution < -0.4 is 15.4 Å². The van der Waals surface area contributed by atoms with Gasteiger partial charge < -0.3 is 29.7 Å². The number of hydrogen-bond donors (Lipinski definition) is 2. The van der Waals surface area contributed by atoms with Crippen LogP contribution in [0.3, 0.4) is 0 Å². The maximum atomic E-state index is 13.5. The topological polar surface area (TPSA) is 124 Å². The second-order valence-electron chi connectivity index (χ2n) is 10.3. The summed E-state index contributed by atoms with van der Waals surface area (Å²) in [5, 5.41) is 10.1. The van der Waals surface area contributed by atoms with E-state index in [1.165, 1.54) is 0 Å². The largest absolute Gasteiger partial charge is 0.490 e. The van der Waals surface area contributed by atoms with Crippen molar-refractivity contribution in [3.8, 4) is 5.75 Å². The zero-order chi connectivity index (χ0) is 26.8. The van der Waals surface area contributed by atoms with E-state index >= 15 is 0 Å². The van der Waals surface area contributed by atoms with Crippen LogP contribution in [0.5, 0.6) is 5.75 Å². The third-order valence-corrected chi connectivity index (χ3v) is 7.57. The molecule has 5 rings (SSSR count). The van der Waals surface area contributed by atoms with E-state index in [1.807, 2.05) is 14.0 Å². The van der Waals surface area contributed by atoms with Crippen molar-refractivity contribution in [3.05, 3.63) is 35.7 Å². The first-order valence-electron chi connectivity index (χ1n) is 13.2. The lowest BCUT2D eigenvalue weighted by Gasteiger charge is -2.42. The van der Waals surface area contributed by atoms with E-state index < -0.39 is 0 Å². The summed E-state index contributed by atoms with van der Waals surface area (Å²) in [5.41, 5.74) is 2.41. The van der Waals surface area contributed by atoms with Crippen molar-refractivity contribution in [2.24, 2.45) is 13.0 Å². The maximum absolute atomic E-state index is 13.5. The van der Waals surface area contributed by atoms with Gasteiger partial charge in [-0.05, 0) is 50.8 Å². The smallest absolute Gasteiger partial charge is 0.257 e. The van der Waals surface area contributed by atoms with E-state index in [4.69, 9.17) is 14.2 Å². The van der Waals surface area contributed by atoms with Crippen molar-refractivity contribution in [2.75, 3.05) is 37.5 Å². The Morgan fingerprint density at radius 3 is 2.63 bits per heavy atom. The molecule has 2 aromatic rings. The van der Waals surface area contributed by atoms with E-state index in [0.717, 1.165) is 5.69 Å². The number of amides is 3. The second kappa shape index (κ2) is 11.1. The van der Waals surface area contributed by atoms with Crippen molar-refractivity contribution in [2.45, 2.75) is 57.3 Å². The molecule has 0 saturated carbocycles. The Morgan fingerprint density at radius 1 is 1.11 bits per heavy atom. The molecule has 0 radical (unpaired) electrons. The molecule has 3 atom stereocenters. The highest BCUT2D eigenvalue weighted by atomic mass is 16.5. The minimum absolute atomic E-state index is 0.0599. The molecule has 3 aliphatic rings. The minimum atomic E-state index is -0.364. The normalized spacial score (nSPS) is 23.9. The lowest BCUT2D eigenvalue weighted by atomic mass is 9.94. The number of likely N-dealkylation sites (N-methyl/N-ethyl adjacent to an activating group) is 1. The van der Waals surface area contributed by atoms with Gasteiger partial charge in [0.05, 0.1) is 35.5 Å². The highest BCUT2D eigenvalue weighted by Gasteiger charge is 2.39. The number of rotatable bonds is 5. The van der Waals surface area contributed by atoms with Crippen LogP contribution in [0.2, 0.25) is 0 Å². The van der Waals surface area contributed by atoms with Gasteiger partial charge >= 0.3 is 0 Å². The highest BCUT2D eigenvalue weighted by molar-refractivity contribution is 6.00. The number of aryl methyl sites for hydroxylation is 2. The fourth-order valence-electron chi connectivity index (χ4n) is 5.44. The van der Waals surface area contributed by atoms with Gasteiger partial charge in [-0.2, -0.15) is 5.10 Å². The Labute approximate surface area is 221 Å². The number of aromatic nitrogens is 2. The lowest BCUT2D eigenvalue weighted by molar-refractivity contribution is -0.130. The molecule has 38 heavy (non-hydrogen) atoms. The van der Waals surface area contributed by atoms with Crippen LogP contribution in [0.4, 0.5) is 11.4 Å². The number of carbonyl (C=O) groups is 3. The number of fused-ring (bicyclic) bond motifs is 2. The molecule has 2 fully saturated rings. The zero-order valence-corrected chi connectivity index (χ0v) is 22.1. The third-order valence-electron chi connectivity index (χ3n) is 7.57. The number of ether oxygens (including phenoxy) is 3. The van der Waals surface area contributed by atoms with Gasteiger partial charge in [-0.3, -0.25) is 19.1 Å². The Hall–Kier alpha value is -3.44. The highest BCUT2D eigenvalue weighted by Crippen LogP contribution is 2.33. The third kappa shape index (κ3) is 5.68. The Morgan fingerprint density at radius 2 is 1.89 bits per heavy atom. The molecule has 11 nitrogen and oxygen atoms in total. The summed E-state index contributed by atoms with van der Waals surface area (Å²) in [6.07, 6.45) is 4.06. The van der Waals surface area contributed by atoms with Gasteiger partial charge in [0.1, 0.15) is 18.5 Å². The first kappa shape index (κ1) is 26.2. The summed E-state index contributed by atoms with van der Waals surface area (Å²) < 4.78 is 19.3. The van der Waals surface area contributed by atoms with Crippen molar-refractivity contribution in [1.29, 1.82) is 0 Å². The average molecular weight is 526 g/mol. The molecule has 11 heteroatoms. The van der Waals surface area contributed by atoms with Crippen LogP contribution in [0, 0.1) is 12.8 Å². The molecule has 204 valence electrons. The molecule has 0 spiro atoms. The molecule has 1 aromatic heterocycles. The Kier molecular flexibility index (Phi) is 7.66. The quantitative estimate of drug-likeness (QED) is 0.615. The van der Waals surface area contributed by atoms with Gasteiger partial charge in [0.2, 0.25) is 11.8 Å². The predicted octanol–water partition coefficient (Wildman–Crippen LogP) is 2.50. The van der Waals surface area contributed by atoms with Gasteiger partial charge in [-0.15, -0.1) is 0 Å². The summed E-state index contributed by atoms with van der Waals surface area (Å²) in [4.78, 5) is 40.5. The summed E-state index contributed by atoms with van der Waals surface area (Å²) in [5.74, 6) is -0.0377. The number of hydrogen-bond acceptors (Lipinski definition) is 7. The first-order valence-corrected chi connectivity index (χ1v) is 13.2. The molecule has 2 saturated heterocycles. The first-order chi connectivity index (χ1) is 18.3. The summed E-state index contributed by atoms with van der Waals surface area (Å²) >= 11 is 0. The fourth-order valence-corrected chi connectivity index (χ4v) is 5.44. The van der Waals surface area contributed by atoms with Crippen molar-refractivity contribution in [3.63, 3.8) is 0 Å². The van der Waals surface area contributed by atoms with Crippen molar-refractivity contribution >= 4 is 29.1 Å². The van der Waals surface area contributed by atoms with Crippen molar-refractivity contribution < 1.29 is 28.6 Å². The molecule has 1 aromatic carbocycles. The van der Waals surface area contributed by atoms with E-state index in [1.54, 1.807) is 41.0 Å². The molecule has 2 N–H and O–H groups in total. The number of nitrogens with one attached hydrogen (secondary N) is 2. The summed E-state index contributed by atoms with van der Waals surface area (Å²) in [6, 6.07) is 4.96. The molecular weight excluding hydrogens is 490 g/mol. The van der Waals surface area contributed by atoms with E-state index in [0.29, 0.717) is 61.6 Å². The number of carbonyl (C=O) groups excluding carboxylic acids is 3. The zero-order valence-electron chi connectivity index (χ0n) is 22.1. The van der Waals surface area contributed by atoms with Crippen LogP contribution in [-0.2, 0) is 26.1 Å². The van der Waals surface area contributed by atoms with Crippen LogP contribution in [0.25, 0.3) is 0 Å². The number of nitrogens with zero attached hydrogens (tertiary/aromatic N) is 3. The lowest BCUT2D eigenvalue weighted by Crippen LogP contribution is -2.53. The minimum Gasteiger partial charge on any atom is -0.490 e. The van der Waals surface area contributed by atoms with Crippen LogP contribution >= 0.6 is 0 Å². The maximum Gasteiger partial charge on any atom is 0.257 e. The van der Waals surface area contributed by atoms with E-state index in [-0.39, 0.29) is 54.9 Å². The Bertz CT molecular complexity index is 1210. The van der Waals surface area contributed by atoms with Crippen LogP contribution in [-0.4, -0.2) is 77.5 Å². The van der Waals surface area contributed by atoms with Gasteiger partial charge in [0.15, 0.2) is 0 Å². The molecule has 0 unspecified atom stereocenters. The number of benzene rings is 1. The van der Waals surface area contributed by atoms with Gasteiger partial charge in [-0.1, -0.05) is 0 Å². The Balaban J connectivity index is 1.23. The molecule has 0 bridgehead atoms. The molecular formula is C27H35N5O6. The molecule has 3 amide bonds. The van der Waals surface area contributed by atoms with Gasteiger partial charge in [0, 0.05) is 45.1 Å². The van der Waals surface area contributed by atoms with E-state index in [9.17, 15) is 14.4 Å². The monoisotopic (exact) mass is 525 g/mol. The second-order valence-corrected chi connectivity index (χ2v) is 10.3. The van der Waals surface area contributed by atoms with Crippen LogP contribution in [0.15, 0.2) is 24.4 Å². The van der Waals surface area contributed by atoms with Crippen LogP contribution in [0.1, 0.15) is 48.2 Å².